The Morgan fingerprint density at radius 3 is 2.39 bits per heavy atom. The first-order valence-electron chi connectivity index (χ1n) is 5.65. The van der Waals surface area contributed by atoms with E-state index in [1.807, 2.05) is 19.1 Å². The molecule has 18 heavy (non-hydrogen) atoms. The van der Waals surface area contributed by atoms with Gasteiger partial charge in [0.05, 0.1) is 15.6 Å². The van der Waals surface area contributed by atoms with Gasteiger partial charge >= 0.3 is 0 Å². The second-order valence-corrected chi connectivity index (χ2v) is 5.43. The molecule has 1 atom stereocenters. The summed E-state index contributed by atoms with van der Waals surface area (Å²) in [5.74, 6) is 0.655. The minimum atomic E-state index is -0.641. The smallest absolute Gasteiger partial charge is 0.147 e. The van der Waals surface area contributed by atoms with Gasteiger partial charge in [-0.3, -0.25) is 0 Å². The van der Waals surface area contributed by atoms with Gasteiger partial charge in [-0.05, 0) is 56.5 Å². The molecule has 102 valence electrons. The second-order valence-electron chi connectivity index (χ2n) is 3.72. The average molecular weight is 383 g/mol. The van der Waals surface area contributed by atoms with Crippen LogP contribution in [0.4, 0.5) is 0 Å². The highest BCUT2D eigenvalue weighted by atomic mass is 79.9. The number of aliphatic hydroxyl groups excluding tert-OH is 1. The minimum absolute atomic E-state index is 0.180. The molecule has 1 aromatic rings. The van der Waals surface area contributed by atoms with E-state index in [1.165, 1.54) is 0 Å². The van der Waals surface area contributed by atoms with Gasteiger partial charge in [0.15, 0.2) is 0 Å². The third-order valence-corrected chi connectivity index (χ3v) is 3.41. The fourth-order valence-corrected chi connectivity index (χ4v) is 2.86. The molecule has 1 rings (SSSR count). The fourth-order valence-electron chi connectivity index (χ4n) is 1.35. The topological polar surface area (TPSA) is 64.7 Å². The summed E-state index contributed by atoms with van der Waals surface area (Å²) >= 11 is 6.84. The Bertz CT molecular complexity index is 365. The molecule has 6 heteroatoms. The zero-order valence-electron chi connectivity index (χ0n) is 10.2. The molecule has 1 unspecified atom stereocenters. The molecule has 0 radical (unpaired) electrons. The highest BCUT2D eigenvalue weighted by molar-refractivity contribution is 9.11. The van der Waals surface area contributed by atoms with Crippen LogP contribution in [0.25, 0.3) is 0 Å². The van der Waals surface area contributed by atoms with Crippen LogP contribution in [-0.4, -0.2) is 31.0 Å². The van der Waals surface area contributed by atoms with Crippen LogP contribution < -0.4 is 10.5 Å². The van der Waals surface area contributed by atoms with E-state index in [-0.39, 0.29) is 13.2 Å². The first-order chi connectivity index (χ1) is 8.58. The molecule has 0 saturated carbocycles. The van der Waals surface area contributed by atoms with Crippen molar-refractivity contribution < 1.29 is 14.6 Å². The Morgan fingerprint density at radius 1 is 1.28 bits per heavy atom. The lowest BCUT2D eigenvalue weighted by Gasteiger charge is -2.15. The molecule has 0 aromatic heterocycles. The van der Waals surface area contributed by atoms with Crippen LogP contribution in [0.5, 0.6) is 5.75 Å². The highest BCUT2D eigenvalue weighted by Gasteiger charge is 2.11. The Labute approximate surface area is 124 Å². The van der Waals surface area contributed by atoms with Gasteiger partial charge in [-0.25, -0.2) is 0 Å². The molecule has 0 bridgehead atoms. The first-order valence-corrected chi connectivity index (χ1v) is 7.23. The molecular formula is C12H17Br2NO3. The molecule has 0 fully saturated rings. The molecule has 0 aliphatic heterocycles. The molecule has 3 N–H and O–H groups in total. The summed E-state index contributed by atoms with van der Waals surface area (Å²) in [5.41, 5.74) is 6.57. The second kappa shape index (κ2) is 8.12. The van der Waals surface area contributed by atoms with Crippen LogP contribution >= 0.6 is 31.9 Å². The van der Waals surface area contributed by atoms with Gasteiger partial charge in [-0.1, -0.05) is 0 Å². The van der Waals surface area contributed by atoms with Crippen LogP contribution in [0, 0.1) is 0 Å². The zero-order chi connectivity index (χ0) is 13.5. The summed E-state index contributed by atoms with van der Waals surface area (Å²) in [6, 6.07) is 3.80. The Balaban J connectivity index is 2.62. The normalized spacial score (nSPS) is 12.5. The molecule has 0 heterocycles. The number of nitrogens with two attached hydrogens (primary N) is 1. The lowest BCUT2D eigenvalue weighted by atomic mass is 10.2. The van der Waals surface area contributed by atoms with Crippen molar-refractivity contribution in [3.05, 3.63) is 26.6 Å². The number of benzene rings is 1. The number of halogens is 2. The SMILES string of the molecule is CCOCC(O)COc1c(Br)cc(CN)cc1Br. The van der Waals surface area contributed by atoms with Gasteiger partial charge in [0.2, 0.25) is 0 Å². The predicted octanol–water partition coefficient (Wildman–Crippen LogP) is 2.45. The Hall–Kier alpha value is -0.140. The lowest BCUT2D eigenvalue weighted by Crippen LogP contribution is -2.23. The van der Waals surface area contributed by atoms with Crippen LogP contribution in [0.15, 0.2) is 21.1 Å². The summed E-state index contributed by atoms with van der Waals surface area (Å²) in [5, 5.41) is 9.62. The van der Waals surface area contributed by atoms with Crippen LogP contribution in [0.1, 0.15) is 12.5 Å². The molecular weight excluding hydrogens is 366 g/mol. The third kappa shape index (κ3) is 4.85. The number of hydrogen-bond acceptors (Lipinski definition) is 4. The van der Waals surface area contributed by atoms with E-state index >= 15 is 0 Å². The van der Waals surface area contributed by atoms with E-state index < -0.39 is 6.10 Å². The van der Waals surface area contributed by atoms with Gasteiger partial charge in [0, 0.05) is 13.2 Å². The van der Waals surface area contributed by atoms with Crippen molar-refractivity contribution in [2.75, 3.05) is 19.8 Å². The summed E-state index contributed by atoms with van der Waals surface area (Å²) in [6.45, 7) is 3.37. The first kappa shape index (κ1) is 15.9. The molecule has 0 spiro atoms. The van der Waals surface area contributed by atoms with Crippen molar-refractivity contribution in [1.29, 1.82) is 0 Å². The number of hydrogen-bond donors (Lipinski definition) is 2. The zero-order valence-corrected chi connectivity index (χ0v) is 13.3. The van der Waals surface area contributed by atoms with Crippen molar-refractivity contribution in [1.82, 2.24) is 0 Å². The van der Waals surface area contributed by atoms with E-state index in [1.54, 1.807) is 0 Å². The van der Waals surface area contributed by atoms with E-state index in [2.05, 4.69) is 31.9 Å². The summed E-state index contributed by atoms with van der Waals surface area (Å²) in [6.07, 6.45) is -0.641. The van der Waals surface area contributed by atoms with Crippen molar-refractivity contribution in [2.24, 2.45) is 5.73 Å². The average Bonchev–Trinajstić information content (AvgIpc) is 2.34. The summed E-state index contributed by atoms with van der Waals surface area (Å²) in [4.78, 5) is 0. The lowest BCUT2D eigenvalue weighted by molar-refractivity contribution is 0.0161. The van der Waals surface area contributed by atoms with E-state index in [4.69, 9.17) is 15.2 Å². The maximum absolute atomic E-state index is 9.62. The number of ether oxygens (including phenoxy) is 2. The fraction of sp³-hybridized carbons (Fsp3) is 0.500. The minimum Gasteiger partial charge on any atom is -0.488 e. The predicted molar refractivity (Wildman–Crippen MR) is 77.7 cm³/mol. The Kier molecular flexibility index (Phi) is 7.18. The standard InChI is InChI=1S/C12H17Br2NO3/c1-2-17-6-9(16)7-18-12-10(13)3-8(5-15)4-11(12)14/h3-4,9,16H,2,5-7,15H2,1H3. The largest absolute Gasteiger partial charge is 0.488 e. The van der Waals surface area contributed by atoms with E-state index in [0.717, 1.165) is 14.5 Å². The Morgan fingerprint density at radius 2 is 1.89 bits per heavy atom. The van der Waals surface area contributed by atoms with Crippen molar-refractivity contribution in [3.63, 3.8) is 0 Å². The van der Waals surface area contributed by atoms with Gasteiger partial charge < -0.3 is 20.3 Å². The van der Waals surface area contributed by atoms with Crippen LogP contribution in [-0.2, 0) is 11.3 Å². The molecule has 4 nitrogen and oxygen atoms in total. The van der Waals surface area contributed by atoms with Gasteiger partial charge in [-0.2, -0.15) is 0 Å². The third-order valence-electron chi connectivity index (χ3n) is 2.23. The van der Waals surface area contributed by atoms with E-state index in [9.17, 15) is 5.11 Å². The van der Waals surface area contributed by atoms with Crippen LogP contribution in [0.2, 0.25) is 0 Å². The van der Waals surface area contributed by atoms with Gasteiger partial charge in [0.1, 0.15) is 18.5 Å². The van der Waals surface area contributed by atoms with Gasteiger partial charge in [-0.15, -0.1) is 0 Å². The molecule has 0 saturated heterocycles. The van der Waals surface area contributed by atoms with Crippen molar-refractivity contribution in [2.45, 2.75) is 19.6 Å². The maximum Gasteiger partial charge on any atom is 0.147 e. The van der Waals surface area contributed by atoms with Crippen molar-refractivity contribution in [3.8, 4) is 5.75 Å². The highest BCUT2D eigenvalue weighted by Crippen LogP contribution is 2.34. The summed E-state index contributed by atoms with van der Waals surface area (Å²) < 4.78 is 12.3. The van der Waals surface area contributed by atoms with Crippen LogP contribution in [0.3, 0.4) is 0 Å². The summed E-state index contributed by atoms with van der Waals surface area (Å²) in [7, 11) is 0. The van der Waals surface area contributed by atoms with E-state index in [0.29, 0.717) is 18.9 Å². The monoisotopic (exact) mass is 381 g/mol. The molecule has 1 aromatic carbocycles. The van der Waals surface area contributed by atoms with Crippen molar-refractivity contribution >= 4 is 31.9 Å². The molecule has 0 amide bonds. The quantitative estimate of drug-likeness (QED) is 0.760. The molecule has 0 aliphatic rings. The van der Waals surface area contributed by atoms with Gasteiger partial charge in [0.25, 0.3) is 0 Å². The molecule has 0 aliphatic carbocycles. The maximum atomic E-state index is 9.62. The number of aliphatic hydroxyl groups is 1. The number of rotatable bonds is 7.